The van der Waals surface area contributed by atoms with Crippen molar-refractivity contribution < 1.29 is 29.0 Å². The van der Waals surface area contributed by atoms with Crippen LogP contribution in [0.3, 0.4) is 0 Å². The molecule has 164 valence electrons. The summed E-state index contributed by atoms with van der Waals surface area (Å²) in [5.74, 6) is -3.35. The Hall–Kier alpha value is -1.93. The molecule has 30 heavy (non-hydrogen) atoms. The lowest BCUT2D eigenvalue weighted by Crippen LogP contribution is -2.41. The largest absolute Gasteiger partial charge is 0.481 e. The molecule has 8 heteroatoms. The summed E-state index contributed by atoms with van der Waals surface area (Å²) < 4.78 is 11.0. The number of esters is 1. The van der Waals surface area contributed by atoms with Crippen LogP contribution in [0.25, 0.3) is 0 Å². The minimum Gasteiger partial charge on any atom is -0.481 e. The predicted octanol–water partition coefficient (Wildman–Crippen LogP) is 3.79. The highest BCUT2D eigenvalue weighted by atomic mass is 32.1. The molecule has 0 unspecified atom stereocenters. The van der Waals surface area contributed by atoms with Gasteiger partial charge in [-0.15, -0.1) is 11.3 Å². The number of fused-ring (bicyclic) bond motifs is 3. The first-order chi connectivity index (χ1) is 14.5. The number of amides is 1. The second kappa shape index (κ2) is 9.06. The first-order valence-electron chi connectivity index (χ1n) is 11.0. The van der Waals surface area contributed by atoms with Gasteiger partial charge in [0.15, 0.2) is 0 Å². The van der Waals surface area contributed by atoms with Crippen LogP contribution in [-0.2, 0) is 31.9 Å². The summed E-state index contributed by atoms with van der Waals surface area (Å²) in [7, 11) is 0. The molecule has 0 aromatic carbocycles. The van der Waals surface area contributed by atoms with Gasteiger partial charge in [0.25, 0.3) is 0 Å². The highest BCUT2D eigenvalue weighted by molar-refractivity contribution is 7.17. The number of hydrogen-bond donors (Lipinski definition) is 2. The number of aliphatic carboxylic acids is 1. The molecule has 2 fully saturated rings. The second-order valence-electron chi connectivity index (χ2n) is 8.37. The van der Waals surface area contributed by atoms with Gasteiger partial charge in [-0.1, -0.05) is 19.3 Å². The zero-order valence-electron chi connectivity index (χ0n) is 17.3. The quantitative estimate of drug-likeness (QED) is 0.683. The summed E-state index contributed by atoms with van der Waals surface area (Å²) in [6.07, 6.45) is 7.83. The van der Waals surface area contributed by atoms with E-state index in [0.29, 0.717) is 23.4 Å². The molecule has 0 spiro atoms. The van der Waals surface area contributed by atoms with Crippen LogP contribution in [0.4, 0.5) is 5.00 Å². The molecular weight excluding hydrogens is 406 g/mol. The molecule has 2 aliphatic heterocycles. The fourth-order valence-corrected chi connectivity index (χ4v) is 6.40. The Balaban J connectivity index is 1.63. The number of rotatable bonds is 5. The topological polar surface area (TPSA) is 102 Å². The molecule has 4 rings (SSSR count). The smallest absolute Gasteiger partial charge is 0.341 e. The molecule has 1 amide bonds. The van der Waals surface area contributed by atoms with Crippen molar-refractivity contribution in [3.63, 3.8) is 0 Å². The Labute approximate surface area is 180 Å². The highest BCUT2D eigenvalue weighted by Gasteiger charge is 2.55. The third-order valence-corrected chi connectivity index (χ3v) is 7.71. The Kier molecular flexibility index (Phi) is 6.43. The van der Waals surface area contributed by atoms with E-state index in [1.807, 2.05) is 0 Å². The van der Waals surface area contributed by atoms with E-state index in [-0.39, 0.29) is 18.6 Å². The molecule has 2 bridgehead atoms. The van der Waals surface area contributed by atoms with Crippen molar-refractivity contribution in [1.82, 2.24) is 0 Å². The second-order valence-corrected chi connectivity index (χ2v) is 9.47. The Morgan fingerprint density at radius 2 is 1.73 bits per heavy atom. The molecule has 3 heterocycles. The van der Waals surface area contributed by atoms with Crippen molar-refractivity contribution in [2.75, 3.05) is 11.9 Å². The molecule has 4 atom stereocenters. The number of carboxylic acid groups (broad SMARTS) is 1. The van der Waals surface area contributed by atoms with Crippen molar-refractivity contribution >= 4 is 34.2 Å². The van der Waals surface area contributed by atoms with Gasteiger partial charge in [0.1, 0.15) is 5.00 Å². The number of nitrogens with one attached hydrogen (secondary N) is 1. The van der Waals surface area contributed by atoms with Gasteiger partial charge in [-0.25, -0.2) is 4.79 Å². The fourth-order valence-electron chi connectivity index (χ4n) is 5.12. The molecule has 2 N–H and O–H groups in total. The Morgan fingerprint density at radius 3 is 2.43 bits per heavy atom. The average Bonchev–Trinajstić information content (AvgIpc) is 3.40. The first-order valence-corrected chi connectivity index (χ1v) is 11.8. The monoisotopic (exact) mass is 435 g/mol. The van der Waals surface area contributed by atoms with Gasteiger partial charge < -0.3 is 19.9 Å². The van der Waals surface area contributed by atoms with E-state index in [2.05, 4.69) is 5.32 Å². The summed E-state index contributed by atoms with van der Waals surface area (Å²) in [5.41, 5.74) is 1.46. The summed E-state index contributed by atoms with van der Waals surface area (Å²) in [4.78, 5) is 38.8. The van der Waals surface area contributed by atoms with Gasteiger partial charge in [0.2, 0.25) is 5.91 Å². The molecule has 2 saturated heterocycles. The van der Waals surface area contributed by atoms with Crippen molar-refractivity contribution in [3.05, 3.63) is 16.0 Å². The number of aryl methyl sites for hydroxylation is 1. The van der Waals surface area contributed by atoms with E-state index in [9.17, 15) is 19.5 Å². The van der Waals surface area contributed by atoms with Gasteiger partial charge in [-0.2, -0.15) is 0 Å². The Morgan fingerprint density at radius 1 is 1.07 bits per heavy atom. The first kappa shape index (κ1) is 21.3. The molecule has 3 aliphatic rings. The normalized spacial score (nSPS) is 28.2. The third-order valence-electron chi connectivity index (χ3n) is 6.50. The molecule has 7 nitrogen and oxygen atoms in total. The van der Waals surface area contributed by atoms with E-state index < -0.39 is 29.9 Å². The van der Waals surface area contributed by atoms with E-state index in [0.717, 1.165) is 49.0 Å². The number of ether oxygens (including phenoxy) is 2. The zero-order valence-corrected chi connectivity index (χ0v) is 18.1. The molecule has 0 radical (unpaired) electrons. The summed E-state index contributed by atoms with van der Waals surface area (Å²) in [5, 5.41) is 13.0. The SMILES string of the molecule is CCOC(=O)c1c(NC(=O)[C@H]2[C@H](C(=O)O)[C@H]3CC[C@H]2O3)sc2c1CCCCCCC2. The van der Waals surface area contributed by atoms with Crippen LogP contribution < -0.4 is 5.32 Å². The molecule has 1 aromatic heterocycles. The lowest BCUT2D eigenvalue weighted by Gasteiger charge is -2.23. The van der Waals surface area contributed by atoms with E-state index in [1.165, 1.54) is 17.8 Å². The maximum Gasteiger partial charge on any atom is 0.341 e. The maximum atomic E-state index is 13.2. The van der Waals surface area contributed by atoms with Gasteiger partial charge >= 0.3 is 11.9 Å². The summed E-state index contributed by atoms with van der Waals surface area (Å²) in [6, 6.07) is 0. The van der Waals surface area contributed by atoms with Crippen molar-refractivity contribution in [3.8, 4) is 0 Å². The van der Waals surface area contributed by atoms with E-state index in [4.69, 9.17) is 9.47 Å². The van der Waals surface area contributed by atoms with Crippen LogP contribution in [0.1, 0.15) is 72.7 Å². The number of carbonyl (C=O) groups is 3. The minimum atomic E-state index is -0.998. The number of carboxylic acids is 1. The van der Waals surface area contributed by atoms with Crippen LogP contribution in [0.15, 0.2) is 0 Å². The van der Waals surface area contributed by atoms with Crippen LogP contribution >= 0.6 is 11.3 Å². The van der Waals surface area contributed by atoms with Gasteiger partial charge in [0, 0.05) is 4.88 Å². The van der Waals surface area contributed by atoms with E-state index >= 15 is 0 Å². The van der Waals surface area contributed by atoms with Crippen LogP contribution in [0, 0.1) is 11.8 Å². The van der Waals surface area contributed by atoms with Crippen molar-refractivity contribution in [2.24, 2.45) is 11.8 Å². The lowest BCUT2D eigenvalue weighted by molar-refractivity contribution is -0.147. The Bertz CT molecular complexity index is 834. The maximum absolute atomic E-state index is 13.2. The number of thiophene rings is 1. The lowest BCUT2D eigenvalue weighted by atomic mass is 9.78. The van der Waals surface area contributed by atoms with E-state index in [1.54, 1.807) is 6.92 Å². The minimum absolute atomic E-state index is 0.262. The standard InChI is InChI=1S/C22H29NO6S/c1-2-28-22(27)16-12-8-6-4-3-5-7-9-15(12)30-20(16)23-19(24)17-13-10-11-14(29-13)18(17)21(25)26/h13-14,17-18H,2-11H2,1H3,(H,23,24)(H,25,26)/t13-,14-,17-,18-/m1/s1. The molecular formula is C22H29NO6S. The van der Waals surface area contributed by atoms with Crippen LogP contribution in [0.5, 0.6) is 0 Å². The molecule has 1 aromatic rings. The molecule has 0 saturated carbocycles. The molecule has 1 aliphatic carbocycles. The highest BCUT2D eigenvalue weighted by Crippen LogP contribution is 2.45. The summed E-state index contributed by atoms with van der Waals surface area (Å²) in [6.45, 7) is 2.03. The predicted molar refractivity (Wildman–Crippen MR) is 112 cm³/mol. The van der Waals surface area contributed by atoms with Gasteiger partial charge in [-0.3, -0.25) is 9.59 Å². The third kappa shape index (κ3) is 3.99. The van der Waals surface area contributed by atoms with Crippen LogP contribution in [0.2, 0.25) is 0 Å². The van der Waals surface area contributed by atoms with Crippen LogP contribution in [-0.4, -0.2) is 41.8 Å². The fraction of sp³-hybridized carbons (Fsp3) is 0.682. The number of anilines is 1. The average molecular weight is 436 g/mol. The number of carbonyl (C=O) groups excluding carboxylic acids is 2. The zero-order chi connectivity index (χ0) is 21.3. The summed E-state index contributed by atoms with van der Waals surface area (Å²) >= 11 is 1.44. The van der Waals surface area contributed by atoms with Crippen molar-refractivity contribution in [1.29, 1.82) is 0 Å². The van der Waals surface area contributed by atoms with Crippen molar-refractivity contribution in [2.45, 2.75) is 76.9 Å². The van der Waals surface area contributed by atoms with Gasteiger partial charge in [-0.05, 0) is 51.0 Å². The number of hydrogen-bond acceptors (Lipinski definition) is 6. The van der Waals surface area contributed by atoms with Gasteiger partial charge in [0.05, 0.1) is 36.2 Å².